The molecule has 2 N–H and O–H groups in total. The van der Waals surface area contributed by atoms with Gasteiger partial charge in [-0.1, -0.05) is 58.0 Å². The van der Waals surface area contributed by atoms with Crippen molar-refractivity contribution in [3.63, 3.8) is 0 Å². The minimum absolute atomic E-state index is 0.111. The Morgan fingerprint density at radius 2 is 1.79 bits per heavy atom. The highest BCUT2D eigenvalue weighted by atomic mass is 32.2. The summed E-state index contributed by atoms with van der Waals surface area (Å²) >= 11 is 3.34. The van der Waals surface area contributed by atoms with Crippen molar-refractivity contribution in [2.45, 2.75) is 69.4 Å². The van der Waals surface area contributed by atoms with Crippen LogP contribution in [0.2, 0.25) is 0 Å². The van der Waals surface area contributed by atoms with E-state index in [2.05, 4.69) is 22.3 Å². The van der Waals surface area contributed by atoms with Crippen LogP contribution in [0.4, 0.5) is 0 Å². The maximum absolute atomic E-state index is 11.7. The highest BCUT2D eigenvalue weighted by molar-refractivity contribution is 8.00. The first-order valence-corrected chi connectivity index (χ1v) is 13.6. The standard InChI is InChI=1S/C20H23NO3S2.C2H6O.2C2H6/c22-12-17-15-10-20(6-8-24-9-7-20)11-16(21-23)18(15)19(26-17)25-13-14-4-2-1-3-5-14;1-3-2;2*1-2/h1-5,12,16,21,23H,6-11,13H2;1-2H3;2*1-2H3. The lowest BCUT2D eigenvalue weighted by molar-refractivity contribution is -0.0123. The Balaban J connectivity index is 0.000000705. The molecule has 1 fully saturated rings. The van der Waals surface area contributed by atoms with Crippen molar-refractivity contribution in [2.24, 2.45) is 5.41 Å². The minimum atomic E-state index is -0.111. The van der Waals surface area contributed by atoms with Crippen molar-refractivity contribution in [1.82, 2.24) is 5.48 Å². The first-order chi connectivity index (χ1) is 16.2. The number of rotatable bonds is 5. The van der Waals surface area contributed by atoms with E-state index in [1.54, 1.807) is 37.3 Å². The summed E-state index contributed by atoms with van der Waals surface area (Å²) in [5.41, 5.74) is 6.21. The summed E-state index contributed by atoms with van der Waals surface area (Å²) in [7, 11) is 3.25. The lowest BCUT2D eigenvalue weighted by atomic mass is 9.66. The summed E-state index contributed by atoms with van der Waals surface area (Å²) in [6.07, 6.45) is 4.79. The molecule has 1 aliphatic carbocycles. The third kappa shape index (κ3) is 8.19. The van der Waals surface area contributed by atoms with Crippen LogP contribution < -0.4 is 5.48 Å². The molecule has 33 heavy (non-hydrogen) atoms. The first kappa shape index (κ1) is 29.8. The smallest absolute Gasteiger partial charge is 0.160 e. The molecular formula is C26H41NO4S2. The molecule has 186 valence electrons. The van der Waals surface area contributed by atoms with E-state index >= 15 is 0 Å². The molecule has 0 amide bonds. The number of hydrogen-bond donors (Lipinski definition) is 2. The van der Waals surface area contributed by atoms with Crippen LogP contribution in [0.25, 0.3) is 0 Å². The summed E-state index contributed by atoms with van der Waals surface area (Å²) in [5, 5.41) is 9.87. The molecule has 1 aromatic carbocycles. The lowest BCUT2D eigenvalue weighted by Crippen LogP contribution is -2.39. The number of carbonyl (C=O) groups excluding carboxylic acids is 1. The van der Waals surface area contributed by atoms with E-state index in [0.717, 1.165) is 71.1 Å². The Labute approximate surface area is 208 Å². The van der Waals surface area contributed by atoms with Gasteiger partial charge in [-0.15, -0.1) is 23.1 Å². The number of benzene rings is 1. The van der Waals surface area contributed by atoms with Crippen molar-refractivity contribution >= 4 is 29.4 Å². The van der Waals surface area contributed by atoms with E-state index in [9.17, 15) is 10.0 Å². The second kappa shape index (κ2) is 16.4. The Morgan fingerprint density at radius 3 is 2.33 bits per heavy atom. The van der Waals surface area contributed by atoms with Crippen LogP contribution in [0.1, 0.15) is 79.4 Å². The second-order valence-electron chi connectivity index (χ2n) is 7.62. The molecule has 1 aliphatic heterocycles. The average Bonchev–Trinajstić information content (AvgIpc) is 3.23. The van der Waals surface area contributed by atoms with Crippen LogP contribution >= 0.6 is 23.1 Å². The number of hydrogen-bond acceptors (Lipinski definition) is 7. The Kier molecular flexibility index (Phi) is 14.8. The van der Waals surface area contributed by atoms with E-state index in [1.165, 1.54) is 5.56 Å². The molecule has 0 bridgehead atoms. The predicted molar refractivity (Wildman–Crippen MR) is 140 cm³/mol. The van der Waals surface area contributed by atoms with Gasteiger partial charge < -0.3 is 14.7 Å². The maximum Gasteiger partial charge on any atom is 0.160 e. The van der Waals surface area contributed by atoms with E-state index in [0.29, 0.717) is 0 Å². The number of nitrogens with one attached hydrogen (secondary N) is 1. The van der Waals surface area contributed by atoms with E-state index < -0.39 is 0 Å². The summed E-state index contributed by atoms with van der Waals surface area (Å²) in [5.74, 6) is 0.864. The van der Waals surface area contributed by atoms with Gasteiger partial charge in [0.15, 0.2) is 6.29 Å². The van der Waals surface area contributed by atoms with Crippen LogP contribution in [0.15, 0.2) is 34.5 Å². The zero-order chi connectivity index (χ0) is 24.7. The second-order valence-corrected chi connectivity index (χ2v) is 9.92. The highest BCUT2D eigenvalue weighted by Gasteiger charge is 2.43. The fourth-order valence-corrected chi connectivity index (χ4v) is 6.73. The van der Waals surface area contributed by atoms with E-state index in [-0.39, 0.29) is 11.5 Å². The van der Waals surface area contributed by atoms with Crippen molar-refractivity contribution in [1.29, 1.82) is 0 Å². The van der Waals surface area contributed by atoms with Crippen LogP contribution in [-0.2, 0) is 21.6 Å². The number of hydroxylamine groups is 1. The van der Waals surface area contributed by atoms with Gasteiger partial charge >= 0.3 is 0 Å². The molecule has 7 heteroatoms. The number of thioether (sulfide) groups is 1. The van der Waals surface area contributed by atoms with Crippen molar-refractivity contribution in [3.8, 4) is 0 Å². The summed E-state index contributed by atoms with van der Waals surface area (Å²) in [4.78, 5) is 12.5. The molecule has 1 aromatic heterocycles. The molecule has 2 aliphatic rings. The van der Waals surface area contributed by atoms with Crippen LogP contribution in [-0.4, -0.2) is 38.9 Å². The molecule has 5 nitrogen and oxygen atoms in total. The summed E-state index contributed by atoms with van der Waals surface area (Å²) in [6, 6.07) is 10.2. The van der Waals surface area contributed by atoms with Crippen LogP contribution in [0, 0.1) is 5.41 Å². The van der Waals surface area contributed by atoms with Crippen LogP contribution in [0.5, 0.6) is 0 Å². The Morgan fingerprint density at radius 1 is 1.18 bits per heavy atom. The van der Waals surface area contributed by atoms with Gasteiger partial charge in [0, 0.05) is 33.2 Å². The van der Waals surface area contributed by atoms with Gasteiger partial charge in [0.2, 0.25) is 0 Å². The summed E-state index contributed by atoms with van der Waals surface area (Å²) < 4.78 is 11.0. The minimum Gasteiger partial charge on any atom is -0.388 e. The van der Waals surface area contributed by atoms with Crippen LogP contribution in [0.3, 0.4) is 0 Å². The molecule has 2 aromatic rings. The predicted octanol–water partition coefficient (Wildman–Crippen LogP) is 6.93. The van der Waals surface area contributed by atoms with Gasteiger partial charge in [0.05, 0.1) is 15.1 Å². The number of carbonyl (C=O) groups is 1. The van der Waals surface area contributed by atoms with Gasteiger partial charge in [0.25, 0.3) is 0 Å². The first-order valence-electron chi connectivity index (χ1n) is 11.8. The van der Waals surface area contributed by atoms with Crippen molar-refractivity contribution in [3.05, 3.63) is 51.9 Å². The van der Waals surface area contributed by atoms with Gasteiger partial charge in [-0.25, -0.2) is 0 Å². The zero-order valence-electron chi connectivity index (χ0n) is 21.0. The third-order valence-corrected chi connectivity index (χ3v) is 8.14. The highest BCUT2D eigenvalue weighted by Crippen LogP contribution is 2.52. The zero-order valence-corrected chi connectivity index (χ0v) is 22.6. The van der Waals surface area contributed by atoms with Gasteiger partial charge in [-0.3, -0.25) is 4.79 Å². The number of ether oxygens (including phenoxy) is 2. The SMILES string of the molecule is CC.CC.COC.O=Cc1sc(SCc2ccccc2)c2c1CC1(CCOCC1)CC2NO. The van der Waals surface area contributed by atoms with Gasteiger partial charge in [-0.2, -0.15) is 5.48 Å². The van der Waals surface area contributed by atoms with E-state index in [1.807, 2.05) is 45.9 Å². The lowest BCUT2D eigenvalue weighted by Gasteiger charge is -2.43. The molecule has 0 saturated carbocycles. The largest absolute Gasteiger partial charge is 0.388 e. The normalized spacial score (nSPS) is 17.8. The number of fused-ring (bicyclic) bond motifs is 1. The van der Waals surface area contributed by atoms with Gasteiger partial charge in [0.1, 0.15) is 0 Å². The molecular weight excluding hydrogens is 454 g/mol. The van der Waals surface area contributed by atoms with E-state index in [4.69, 9.17) is 4.74 Å². The molecule has 2 heterocycles. The Hall–Kier alpha value is -1.22. The van der Waals surface area contributed by atoms with Crippen molar-refractivity contribution in [2.75, 3.05) is 27.4 Å². The Bertz CT molecular complexity index is 789. The number of methoxy groups -OCH3 is 1. The fraction of sp³-hybridized carbons (Fsp3) is 0.577. The quantitative estimate of drug-likeness (QED) is 0.266. The third-order valence-electron chi connectivity index (χ3n) is 5.61. The van der Waals surface area contributed by atoms with Gasteiger partial charge in [-0.05, 0) is 47.8 Å². The summed E-state index contributed by atoms with van der Waals surface area (Å²) in [6.45, 7) is 9.54. The number of aldehydes is 1. The topological polar surface area (TPSA) is 67.8 Å². The molecule has 0 radical (unpaired) electrons. The monoisotopic (exact) mass is 495 g/mol. The maximum atomic E-state index is 11.7. The number of thiophene rings is 1. The average molecular weight is 496 g/mol. The molecule has 1 saturated heterocycles. The molecule has 1 unspecified atom stereocenters. The van der Waals surface area contributed by atoms with Crippen molar-refractivity contribution < 1.29 is 19.5 Å². The molecule has 1 atom stereocenters. The molecule has 1 spiro atoms. The fourth-order valence-electron chi connectivity index (χ4n) is 4.21. The molecule has 4 rings (SSSR count).